The second-order valence-corrected chi connectivity index (χ2v) is 6.80. The molecule has 148 valence electrons. The highest BCUT2D eigenvalue weighted by atomic mass is 32.1. The number of rotatable bonds is 7. The monoisotopic (exact) mass is 412 g/mol. The molecule has 0 aliphatic heterocycles. The standard InChI is InChI=1S/C19H16N4O5S/c1-12(17-7-4-8-29-17)22-28-11-18(24)21-20-10-13-9-16(23(26)27)14-5-2-3-6-15(14)19(13)25/h2-10,25H,11H2,1H3,(H,21,24)/b20-10-,22-12+. The van der Waals surface area contributed by atoms with Crippen molar-refractivity contribution >= 4 is 45.6 Å². The average Bonchev–Trinajstić information content (AvgIpc) is 3.24. The number of nitro groups is 1. The number of phenols is 1. The van der Waals surface area contributed by atoms with E-state index in [4.69, 9.17) is 4.84 Å². The van der Waals surface area contributed by atoms with Crippen LogP contribution in [0.1, 0.15) is 17.4 Å². The van der Waals surface area contributed by atoms with Crippen molar-refractivity contribution in [1.82, 2.24) is 5.43 Å². The number of amides is 1. The largest absolute Gasteiger partial charge is 0.507 e. The second-order valence-electron chi connectivity index (χ2n) is 5.86. The van der Waals surface area contributed by atoms with E-state index in [1.807, 2.05) is 17.5 Å². The van der Waals surface area contributed by atoms with Gasteiger partial charge in [0.15, 0.2) is 6.61 Å². The first-order valence-corrected chi connectivity index (χ1v) is 9.26. The van der Waals surface area contributed by atoms with Crippen LogP contribution < -0.4 is 5.43 Å². The topological polar surface area (TPSA) is 126 Å². The van der Waals surface area contributed by atoms with Gasteiger partial charge in [-0.2, -0.15) is 5.10 Å². The van der Waals surface area contributed by atoms with E-state index in [2.05, 4.69) is 15.7 Å². The molecule has 0 fully saturated rings. The van der Waals surface area contributed by atoms with Gasteiger partial charge >= 0.3 is 0 Å². The Kier molecular flexibility index (Phi) is 6.15. The number of phenolic OH excluding ortho intramolecular Hbond substituents is 1. The minimum absolute atomic E-state index is 0.100. The van der Waals surface area contributed by atoms with E-state index >= 15 is 0 Å². The number of aromatic hydroxyl groups is 1. The van der Waals surface area contributed by atoms with Crippen LogP contribution in [0.15, 0.2) is 58.1 Å². The number of hydrazone groups is 1. The number of thiophene rings is 1. The fourth-order valence-corrected chi connectivity index (χ4v) is 3.20. The highest BCUT2D eigenvalue weighted by Gasteiger charge is 2.17. The third-order valence-electron chi connectivity index (χ3n) is 3.89. The summed E-state index contributed by atoms with van der Waals surface area (Å²) in [4.78, 5) is 28.5. The Morgan fingerprint density at radius 3 is 2.76 bits per heavy atom. The molecule has 10 heteroatoms. The zero-order valence-electron chi connectivity index (χ0n) is 15.2. The molecule has 9 nitrogen and oxygen atoms in total. The zero-order chi connectivity index (χ0) is 20.8. The van der Waals surface area contributed by atoms with Gasteiger partial charge in [-0.25, -0.2) is 5.43 Å². The predicted molar refractivity (Wildman–Crippen MR) is 110 cm³/mol. The van der Waals surface area contributed by atoms with Gasteiger partial charge in [-0.1, -0.05) is 29.4 Å². The number of oxime groups is 1. The number of carbonyl (C=O) groups is 1. The van der Waals surface area contributed by atoms with Crippen LogP contribution in [0.4, 0.5) is 5.69 Å². The fourth-order valence-electron chi connectivity index (χ4n) is 2.53. The highest BCUT2D eigenvalue weighted by Crippen LogP contribution is 2.34. The van der Waals surface area contributed by atoms with Crippen LogP contribution in [-0.2, 0) is 9.63 Å². The van der Waals surface area contributed by atoms with Gasteiger partial charge in [0, 0.05) is 17.0 Å². The van der Waals surface area contributed by atoms with E-state index in [0.29, 0.717) is 16.5 Å². The summed E-state index contributed by atoms with van der Waals surface area (Å²) in [5.41, 5.74) is 2.79. The lowest BCUT2D eigenvalue weighted by Crippen LogP contribution is -2.22. The molecule has 3 aromatic rings. The molecule has 2 N–H and O–H groups in total. The van der Waals surface area contributed by atoms with Crippen LogP contribution in [0.3, 0.4) is 0 Å². The van der Waals surface area contributed by atoms with Gasteiger partial charge in [0.2, 0.25) is 0 Å². The third kappa shape index (κ3) is 4.74. The SMILES string of the molecule is C/C(=N\OCC(=O)N/N=C\c1cc([N+](=O)[O-])c2ccccc2c1O)c1cccs1. The number of hydrogen-bond acceptors (Lipinski definition) is 8. The molecule has 0 unspecified atom stereocenters. The highest BCUT2D eigenvalue weighted by molar-refractivity contribution is 7.12. The number of benzene rings is 2. The summed E-state index contributed by atoms with van der Waals surface area (Å²) in [5, 5.41) is 31.8. The number of fused-ring (bicyclic) bond motifs is 1. The van der Waals surface area contributed by atoms with Crippen molar-refractivity contribution in [2.75, 3.05) is 6.61 Å². The first-order chi connectivity index (χ1) is 14.0. The molecule has 0 saturated carbocycles. The maximum Gasteiger partial charge on any atom is 0.280 e. The first kappa shape index (κ1) is 20.0. The minimum Gasteiger partial charge on any atom is -0.507 e. The Morgan fingerprint density at radius 1 is 1.31 bits per heavy atom. The smallest absolute Gasteiger partial charge is 0.280 e. The molecule has 0 bridgehead atoms. The quantitative estimate of drug-likeness (QED) is 0.349. The summed E-state index contributed by atoms with van der Waals surface area (Å²) in [6.07, 6.45) is 1.13. The number of non-ortho nitro benzene ring substituents is 1. The van der Waals surface area contributed by atoms with Crippen LogP contribution in [0.2, 0.25) is 0 Å². The average molecular weight is 412 g/mol. The van der Waals surface area contributed by atoms with Gasteiger partial charge in [-0.05, 0) is 24.4 Å². The van der Waals surface area contributed by atoms with Crippen LogP contribution in [0, 0.1) is 10.1 Å². The molecule has 0 aliphatic carbocycles. The van der Waals surface area contributed by atoms with E-state index in [9.17, 15) is 20.0 Å². The lowest BCUT2D eigenvalue weighted by molar-refractivity contribution is -0.383. The van der Waals surface area contributed by atoms with E-state index in [-0.39, 0.29) is 23.6 Å². The van der Waals surface area contributed by atoms with Crippen molar-refractivity contribution < 1.29 is 19.7 Å². The molecule has 1 heterocycles. The van der Waals surface area contributed by atoms with Gasteiger partial charge in [-0.3, -0.25) is 14.9 Å². The molecular formula is C19H16N4O5S. The van der Waals surface area contributed by atoms with E-state index in [1.165, 1.54) is 17.4 Å². The van der Waals surface area contributed by atoms with Crippen LogP contribution in [0.5, 0.6) is 5.75 Å². The number of nitro benzene ring substituents is 1. The second kappa shape index (κ2) is 8.93. The molecular weight excluding hydrogens is 396 g/mol. The predicted octanol–water partition coefficient (Wildman–Crippen LogP) is 3.41. The first-order valence-electron chi connectivity index (χ1n) is 8.39. The van der Waals surface area contributed by atoms with Crippen molar-refractivity contribution in [3.05, 3.63) is 68.4 Å². The number of hydrogen-bond donors (Lipinski definition) is 2. The molecule has 1 aromatic heterocycles. The minimum atomic E-state index is -0.571. The summed E-state index contributed by atoms with van der Waals surface area (Å²) < 4.78 is 0. The van der Waals surface area contributed by atoms with Crippen molar-refractivity contribution in [2.45, 2.75) is 6.92 Å². The van der Waals surface area contributed by atoms with Gasteiger partial charge in [0.05, 0.1) is 27.1 Å². The van der Waals surface area contributed by atoms with Gasteiger partial charge < -0.3 is 9.94 Å². The van der Waals surface area contributed by atoms with Crippen LogP contribution in [-0.4, -0.2) is 34.5 Å². The third-order valence-corrected chi connectivity index (χ3v) is 4.87. The summed E-state index contributed by atoms with van der Waals surface area (Å²) >= 11 is 1.50. The van der Waals surface area contributed by atoms with E-state index < -0.39 is 10.8 Å². The molecule has 29 heavy (non-hydrogen) atoms. The number of nitrogens with one attached hydrogen (secondary N) is 1. The van der Waals surface area contributed by atoms with Gasteiger partial charge in [0.25, 0.3) is 11.6 Å². The van der Waals surface area contributed by atoms with E-state index in [0.717, 1.165) is 11.1 Å². The van der Waals surface area contributed by atoms with Crippen LogP contribution >= 0.6 is 11.3 Å². The Morgan fingerprint density at radius 2 is 2.07 bits per heavy atom. The number of nitrogens with zero attached hydrogens (tertiary/aromatic N) is 3. The van der Waals surface area contributed by atoms with Crippen LogP contribution in [0.25, 0.3) is 10.8 Å². The molecule has 1 amide bonds. The van der Waals surface area contributed by atoms with Gasteiger partial charge in [-0.15, -0.1) is 11.3 Å². The summed E-state index contributed by atoms with van der Waals surface area (Å²) in [6, 6.07) is 11.4. The Bertz CT molecular complexity index is 1110. The molecule has 0 spiro atoms. The normalized spacial score (nSPS) is 11.7. The maximum absolute atomic E-state index is 11.8. The molecule has 3 rings (SSSR count). The fraction of sp³-hybridized carbons (Fsp3) is 0.105. The Balaban J connectivity index is 1.66. The summed E-state index contributed by atoms with van der Waals surface area (Å²) in [6.45, 7) is 1.40. The van der Waals surface area contributed by atoms with E-state index in [1.54, 1.807) is 31.2 Å². The Labute approximate surface area is 169 Å². The van der Waals surface area contributed by atoms with Crippen molar-refractivity contribution in [3.63, 3.8) is 0 Å². The molecule has 0 saturated heterocycles. The van der Waals surface area contributed by atoms with Gasteiger partial charge in [0.1, 0.15) is 5.75 Å². The summed E-state index contributed by atoms with van der Waals surface area (Å²) in [7, 11) is 0. The number of carbonyl (C=O) groups excluding carboxylic acids is 1. The molecule has 2 aromatic carbocycles. The van der Waals surface area contributed by atoms with Crippen molar-refractivity contribution in [1.29, 1.82) is 0 Å². The lowest BCUT2D eigenvalue weighted by atomic mass is 10.0. The lowest BCUT2D eigenvalue weighted by Gasteiger charge is -2.05. The summed E-state index contributed by atoms with van der Waals surface area (Å²) in [5.74, 6) is -0.740. The molecule has 0 radical (unpaired) electrons. The zero-order valence-corrected chi connectivity index (χ0v) is 16.0. The molecule has 0 atom stereocenters. The Hall–Kier alpha value is -3.79. The maximum atomic E-state index is 11.8. The molecule has 0 aliphatic rings. The van der Waals surface area contributed by atoms with Crippen molar-refractivity contribution in [3.8, 4) is 5.75 Å². The van der Waals surface area contributed by atoms with Crippen molar-refractivity contribution in [2.24, 2.45) is 10.3 Å².